The summed E-state index contributed by atoms with van der Waals surface area (Å²) in [6, 6.07) is 14.6. The summed E-state index contributed by atoms with van der Waals surface area (Å²) in [6.07, 6.45) is 0. The van der Waals surface area contributed by atoms with E-state index in [1.807, 2.05) is 24.3 Å². The van der Waals surface area contributed by atoms with E-state index in [4.69, 9.17) is 5.11 Å². The molecule has 0 saturated heterocycles. The quantitative estimate of drug-likeness (QED) is 0.169. The third kappa shape index (κ3) is 2.68. The summed E-state index contributed by atoms with van der Waals surface area (Å²) in [5, 5.41) is 18.4. The van der Waals surface area contributed by atoms with Gasteiger partial charge in [-0.25, -0.2) is 0 Å². The number of imide groups is 2. The third-order valence-corrected chi connectivity index (χ3v) is 7.72. The molecule has 8 heteroatoms. The van der Waals surface area contributed by atoms with Crippen molar-refractivity contribution in [1.29, 1.82) is 0 Å². The standard InChI is InChI=1S/C29H21N3O5/c1-31-26(34)18-6-2-14-16-4-8-20-25-21(29(37)32(28(20)36)12-10-30-11-13-33)9-5-17(23(16)25)15-3-7-19(27(31)35)24(18)22(14)15/h2-9,30,33H,10-13H2,1H3. The highest BCUT2D eigenvalue weighted by Crippen LogP contribution is 2.46. The first-order valence-electron chi connectivity index (χ1n) is 12.1. The summed E-state index contributed by atoms with van der Waals surface area (Å²) in [5.41, 5.74) is 1.92. The molecule has 0 atom stereocenters. The maximum Gasteiger partial charge on any atom is 0.261 e. The van der Waals surface area contributed by atoms with Gasteiger partial charge in [-0.2, -0.15) is 0 Å². The zero-order valence-electron chi connectivity index (χ0n) is 19.9. The fourth-order valence-electron chi connectivity index (χ4n) is 6.04. The number of nitrogens with one attached hydrogen (secondary N) is 1. The van der Waals surface area contributed by atoms with Crippen LogP contribution in [0.15, 0.2) is 48.5 Å². The van der Waals surface area contributed by atoms with Crippen molar-refractivity contribution in [3.05, 3.63) is 70.8 Å². The fourth-order valence-corrected chi connectivity index (χ4v) is 6.04. The Labute approximate surface area is 210 Å². The predicted molar refractivity (Wildman–Crippen MR) is 139 cm³/mol. The Balaban J connectivity index is 1.53. The molecule has 182 valence electrons. The van der Waals surface area contributed by atoms with Crippen molar-refractivity contribution in [2.24, 2.45) is 0 Å². The molecule has 0 aromatic heterocycles. The third-order valence-electron chi connectivity index (χ3n) is 7.72. The monoisotopic (exact) mass is 491 g/mol. The average Bonchev–Trinajstić information content (AvgIpc) is 2.92. The Bertz CT molecular complexity index is 1760. The van der Waals surface area contributed by atoms with Gasteiger partial charge in [0.05, 0.1) is 6.61 Å². The van der Waals surface area contributed by atoms with Gasteiger partial charge in [-0.05, 0) is 56.6 Å². The first-order valence-corrected chi connectivity index (χ1v) is 12.1. The summed E-state index contributed by atoms with van der Waals surface area (Å²) < 4.78 is 0. The summed E-state index contributed by atoms with van der Waals surface area (Å²) in [6.45, 7) is 0.953. The van der Waals surface area contributed by atoms with Crippen LogP contribution in [-0.4, -0.2) is 71.8 Å². The zero-order chi connectivity index (χ0) is 25.6. The van der Waals surface area contributed by atoms with Crippen molar-refractivity contribution in [2.45, 2.75) is 0 Å². The minimum atomic E-state index is -0.345. The SMILES string of the molecule is CN1C(=O)c2ccc3c4ccc5c6c(ccc(c7ccc(c2c37)C1=O)c64)C(=O)N(CCNCCO)C5=O. The van der Waals surface area contributed by atoms with E-state index in [-0.39, 0.29) is 36.8 Å². The van der Waals surface area contributed by atoms with Crippen LogP contribution >= 0.6 is 0 Å². The summed E-state index contributed by atoms with van der Waals surface area (Å²) in [5.74, 6) is -1.35. The van der Waals surface area contributed by atoms with Gasteiger partial charge in [0, 0.05) is 59.7 Å². The first kappa shape index (κ1) is 21.8. The largest absolute Gasteiger partial charge is 0.395 e. The van der Waals surface area contributed by atoms with Crippen LogP contribution in [0.3, 0.4) is 0 Å². The first-order chi connectivity index (χ1) is 17.9. The Hall–Kier alpha value is -4.40. The summed E-state index contributed by atoms with van der Waals surface area (Å²) in [7, 11) is 1.49. The molecule has 2 aliphatic heterocycles. The topological polar surface area (TPSA) is 107 Å². The lowest BCUT2D eigenvalue weighted by atomic mass is 9.82. The number of carbonyl (C=O) groups is 4. The average molecular weight is 492 g/mol. The van der Waals surface area contributed by atoms with Crippen LogP contribution in [0.5, 0.6) is 0 Å². The highest BCUT2D eigenvalue weighted by atomic mass is 16.3. The van der Waals surface area contributed by atoms with Crippen molar-refractivity contribution in [3.8, 4) is 0 Å². The lowest BCUT2D eigenvalue weighted by molar-refractivity contribution is 0.0606. The lowest BCUT2D eigenvalue weighted by Crippen LogP contribution is -2.44. The molecule has 2 N–H and O–H groups in total. The molecule has 5 aromatic rings. The van der Waals surface area contributed by atoms with Gasteiger partial charge < -0.3 is 10.4 Å². The van der Waals surface area contributed by atoms with Gasteiger partial charge in [0.2, 0.25) is 0 Å². The van der Waals surface area contributed by atoms with Crippen LogP contribution in [0.4, 0.5) is 0 Å². The number of rotatable bonds is 5. The van der Waals surface area contributed by atoms with E-state index in [0.717, 1.165) is 37.2 Å². The number of hydrogen-bond donors (Lipinski definition) is 2. The molecule has 8 nitrogen and oxygen atoms in total. The van der Waals surface area contributed by atoms with Gasteiger partial charge in [-0.1, -0.05) is 24.3 Å². The molecule has 5 aromatic carbocycles. The molecular weight excluding hydrogens is 470 g/mol. The van der Waals surface area contributed by atoms with Crippen molar-refractivity contribution >= 4 is 66.7 Å². The van der Waals surface area contributed by atoms with Gasteiger partial charge in [0.15, 0.2) is 0 Å². The number of hydrogen-bond acceptors (Lipinski definition) is 6. The van der Waals surface area contributed by atoms with Gasteiger partial charge in [-0.15, -0.1) is 0 Å². The molecule has 0 unspecified atom stereocenters. The number of aliphatic hydroxyl groups is 1. The molecule has 37 heavy (non-hydrogen) atoms. The Morgan fingerprint density at radius 1 is 0.595 bits per heavy atom. The normalized spacial score (nSPS) is 15.4. The van der Waals surface area contributed by atoms with Crippen molar-refractivity contribution in [1.82, 2.24) is 15.1 Å². The lowest BCUT2D eigenvalue weighted by Gasteiger charge is -2.29. The Kier molecular flexibility index (Phi) is 4.46. The molecule has 4 amide bonds. The summed E-state index contributed by atoms with van der Waals surface area (Å²) >= 11 is 0. The molecule has 0 fully saturated rings. The number of fused-ring (bicyclic) bond motifs is 2. The second-order valence-electron chi connectivity index (χ2n) is 9.55. The highest BCUT2D eigenvalue weighted by Gasteiger charge is 2.35. The molecule has 2 heterocycles. The number of carbonyl (C=O) groups excluding carboxylic acids is 4. The number of nitrogens with zero attached hydrogens (tertiary/aromatic N) is 2. The molecular formula is C29H21N3O5. The van der Waals surface area contributed by atoms with Crippen molar-refractivity contribution in [2.75, 3.05) is 33.3 Å². The van der Waals surface area contributed by atoms with Gasteiger partial charge >= 0.3 is 0 Å². The molecule has 0 spiro atoms. The second-order valence-corrected chi connectivity index (χ2v) is 9.55. The van der Waals surface area contributed by atoms with Crippen LogP contribution < -0.4 is 5.32 Å². The minimum Gasteiger partial charge on any atom is -0.395 e. The smallest absolute Gasteiger partial charge is 0.261 e. The van der Waals surface area contributed by atoms with Crippen LogP contribution in [0, 0.1) is 0 Å². The van der Waals surface area contributed by atoms with Crippen LogP contribution in [0.2, 0.25) is 0 Å². The molecule has 0 saturated carbocycles. The van der Waals surface area contributed by atoms with E-state index >= 15 is 0 Å². The van der Waals surface area contributed by atoms with E-state index in [9.17, 15) is 19.2 Å². The number of aliphatic hydroxyl groups excluding tert-OH is 1. The molecule has 2 aliphatic rings. The summed E-state index contributed by atoms with van der Waals surface area (Å²) in [4.78, 5) is 55.1. The molecule has 7 rings (SSSR count). The molecule has 0 bridgehead atoms. The van der Waals surface area contributed by atoms with E-state index < -0.39 is 0 Å². The van der Waals surface area contributed by atoms with Crippen molar-refractivity contribution < 1.29 is 24.3 Å². The van der Waals surface area contributed by atoms with Gasteiger partial charge in [0.25, 0.3) is 23.6 Å². The van der Waals surface area contributed by atoms with E-state index in [0.29, 0.717) is 46.1 Å². The fraction of sp³-hybridized carbons (Fsp3) is 0.172. The Morgan fingerprint density at radius 3 is 1.41 bits per heavy atom. The maximum atomic E-state index is 13.4. The molecule has 0 aliphatic carbocycles. The van der Waals surface area contributed by atoms with Gasteiger partial charge in [-0.3, -0.25) is 29.0 Å². The van der Waals surface area contributed by atoms with E-state index in [1.54, 1.807) is 24.3 Å². The van der Waals surface area contributed by atoms with Crippen LogP contribution in [-0.2, 0) is 0 Å². The second kappa shape index (κ2) is 7.55. The maximum absolute atomic E-state index is 13.4. The highest BCUT2D eigenvalue weighted by molar-refractivity contribution is 6.41. The zero-order valence-corrected chi connectivity index (χ0v) is 19.9. The van der Waals surface area contributed by atoms with E-state index in [1.165, 1.54) is 11.9 Å². The number of benzene rings is 5. The van der Waals surface area contributed by atoms with Crippen LogP contribution in [0.25, 0.3) is 43.1 Å². The Morgan fingerprint density at radius 2 is 1.00 bits per heavy atom. The van der Waals surface area contributed by atoms with Crippen molar-refractivity contribution in [3.63, 3.8) is 0 Å². The minimum absolute atomic E-state index is 0.0220. The van der Waals surface area contributed by atoms with Crippen LogP contribution in [0.1, 0.15) is 41.4 Å². The molecule has 0 radical (unpaired) electrons. The predicted octanol–water partition coefficient (Wildman–Crippen LogP) is 3.14. The van der Waals surface area contributed by atoms with Gasteiger partial charge in [0.1, 0.15) is 0 Å². The number of amides is 4. The van der Waals surface area contributed by atoms with E-state index in [2.05, 4.69) is 5.32 Å².